The minimum Gasteiger partial charge on any atom is -0.352 e. The van der Waals surface area contributed by atoms with E-state index in [-0.39, 0.29) is 5.91 Å². The monoisotopic (exact) mass is 320 g/mol. The fraction of sp³-hybridized carbons (Fsp3) is 0.462. The van der Waals surface area contributed by atoms with E-state index in [1.165, 1.54) is 0 Å². The van der Waals surface area contributed by atoms with Gasteiger partial charge < -0.3 is 9.62 Å². The van der Waals surface area contributed by atoms with Crippen LogP contribution in [-0.4, -0.2) is 13.0 Å². The van der Waals surface area contributed by atoms with Gasteiger partial charge in [-0.25, -0.2) is 0 Å². The summed E-state index contributed by atoms with van der Waals surface area (Å²) in [7, 11) is 1.74. The first-order chi connectivity index (χ1) is 8.64. The third kappa shape index (κ3) is 4.20. The van der Waals surface area contributed by atoms with Gasteiger partial charge in [-0.15, -0.1) is 0 Å². The first kappa shape index (κ1) is 16.5. The molecule has 0 fully saturated rings. The zero-order valence-electron chi connectivity index (χ0n) is 11.4. The molecule has 0 unspecified atom stereocenters. The summed E-state index contributed by atoms with van der Waals surface area (Å²) in [6, 6.07) is 3.54. The molecule has 0 radical (unpaired) electrons. The first-order valence-electron chi connectivity index (χ1n) is 5.82. The lowest BCUT2D eigenvalue weighted by Gasteiger charge is -2.20. The fourth-order valence-electron chi connectivity index (χ4n) is 1.46. The lowest BCUT2D eigenvalue weighted by atomic mass is 9.95. The molecule has 3 nitrogen and oxygen atoms in total. The molecule has 0 heterocycles. The third-order valence-electron chi connectivity index (χ3n) is 2.59. The van der Waals surface area contributed by atoms with Crippen molar-refractivity contribution >= 4 is 47.6 Å². The summed E-state index contributed by atoms with van der Waals surface area (Å²) in [5.41, 5.74) is 1.01. The minimum atomic E-state index is -0.429. The van der Waals surface area contributed by atoms with E-state index in [0.29, 0.717) is 22.3 Å². The summed E-state index contributed by atoms with van der Waals surface area (Å²) in [5.74, 6) is -0.0284. The zero-order chi connectivity index (χ0) is 14.8. The van der Waals surface area contributed by atoms with Gasteiger partial charge in [0.15, 0.2) is 0 Å². The Kier molecular flexibility index (Phi) is 5.42. The van der Waals surface area contributed by atoms with Crippen LogP contribution in [0.3, 0.4) is 0 Å². The van der Waals surface area contributed by atoms with E-state index in [9.17, 15) is 4.79 Å². The standard InChI is InChI=1S/C13H18Cl2N2OS/c1-13(2,3)12(18)16-7-8-5-6-9(14)11(10(8)15)17(4)19/h5-6,19H,7H2,1-4H3,(H,16,18). The molecule has 1 aromatic carbocycles. The van der Waals surface area contributed by atoms with Crippen LogP contribution in [-0.2, 0) is 11.3 Å². The van der Waals surface area contributed by atoms with E-state index in [2.05, 4.69) is 18.1 Å². The van der Waals surface area contributed by atoms with Crippen LogP contribution >= 0.6 is 36.0 Å². The molecule has 1 aromatic rings. The fourth-order valence-corrected chi connectivity index (χ4v) is 2.47. The van der Waals surface area contributed by atoms with Crippen LogP contribution in [0.5, 0.6) is 0 Å². The van der Waals surface area contributed by atoms with Crippen LogP contribution in [0.2, 0.25) is 10.0 Å². The number of thiol groups is 1. The Labute approximate surface area is 129 Å². The minimum absolute atomic E-state index is 0.0284. The molecule has 19 heavy (non-hydrogen) atoms. The molecular weight excluding hydrogens is 303 g/mol. The average molecular weight is 321 g/mol. The number of nitrogens with one attached hydrogen (secondary N) is 1. The second-order valence-electron chi connectivity index (χ2n) is 5.33. The van der Waals surface area contributed by atoms with Crippen molar-refractivity contribution in [1.82, 2.24) is 5.32 Å². The van der Waals surface area contributed by atoms with Crippen molar-refractivity contribution in [1.29, 1.82) is 0 Å². The number of carbonyl (C=O) groups is 1. The number of anilines is 1. The van der Waals surface area contributed by atoms with Gasteiger partial charge in [0.1, 0.15) is 0 Å². The van der Waals surface area contributed by atoms with Crippen LogP contribution < -0.4 is 9.62 Å². The Hall–Kier alpha value is -0.580. The van der Waals surface area contributed by atoms with Crippen molar-refractivity contribution in [3.8, 4) is 0 Å². The van der Waals surface area contributed by atoms with E-state index < -0.39 is 5.41 Å². The Morgan fingerprint density at radius 3 is 2.42 bits per heavy atom. The normalized spacial score (nSPS) is 11.3. The molecule has 6 heteroatoms. The van der Waals surface area contributed by atoms with Crippen LogP contribution in [0, 0.1) is 5.41 Å². The number of carbonyl (C=O) groups excluding carboxylic acids is 1. The van der Waals surface area contributed by atoms with Gasteiger partial charge in [-0.2, -0.15) is 0 Å². The van der Waals surface area contributed by atoms with Crippen LogP contribution in [0.4, 0.5) is 5.69 Å². The van der Waals surface area contributed by atoms with Gasteiger partial charge in [-0.05, 0) is 11.6 Å². The molecule has 1 N–H and O–H groups in total. The molecule has 1 amide bonds. The number of nitrogens with zero attached hydrogens (tertiary/aromatic N) is 1. The SMILES string of the molecule is CN(S)c1c(Cl)ccc(CNC(=O)C(C)(C)C)c1Cl. The Morgan fingerprint density at radius 2 is 1.95 bits per heavy atom. The van der Waals surface area contributed by atoms with Gasteiger partial charge in [-0.3, -0.25) is 4.79 Å². The average Bonchev–Trinajstić information content (AvgIpc) is 2.25. The van der Waals surface area contributed by atoms with Crippen molar-refractivity contribution in [2.45, 2.75) is 27.3 Å². The van der Waals surface area contributed by atoms with Crippen molar-refractivity contribution in [3.05, 3.63) is 27.7 Å². The van der Waals surface area contributed by atoms with Crippen molar-refractivity contribution < 1.29 is 4.79 Å². The molecule has 0 aromatic heterocycles. The van der Waals surface area contributed by atoms with Gasteiger partial charge in [-0.1, -0.05) is 62.9 Å². The van der Waals surface area contributed by atoms with Crippen LogP contribution in [0.15, 0.2) is 12.1 Å². The maximum absolute atomic E-state index is 11.8. The van der Waals surface area contributed by atoms with Crippen LogP contribution in [0.25, 0.3) is 0 Å². The number of hydrogen-bond acceptors (Lipinski definition) is 3. The predicted octanol–water partition coefficient (Wildman–Crippen LogP) is 3.94. The molecule has 1 rings (SSSR count). The summed E-state index contributed by atoms with van der Waals surface area (Å²) in [6.07, 6.45) is 0. The quantitative estimate of drug-likeness (QED) is 0.827. The maximum atomic E-state index is 11.8. The lowest BCUT2D eigenvalue weighted by Crippen LogP contribution is -2.34. The first-order valence-corrected chi connectivity index (χ1v) is 6.98. The Bertz CT molecular complexity index is 484. The highest BCUT2D eigenvalue weighted by Crippen LogP contribution is 2.36. The van der Waals surface area contributed by atoms with E-state index in [4.69, 9.17) is 23.2 Å². The number of benzene rings is 1. The number of rotatable bonds is 3. The largest absolute Gasteiger partial charge is 0.352 e. The van der Waals surface area contributed by atoms with Crippen LogP contribution in [0.1, 0.15) is 26.3 Å². The predicted molar refractivity (Wildman–Crippen MR) is 85.2 cm³/mol. The Balaban J connectivity index is 2.92. The molecule has 0 atom stereocenters. The molecule has 0 aliphatic rings. The highest BCUT2D eigenvalue weighted by Gasteiger charge is 2.21. The molecule has 0 spiro atoms. The summed E-state index contributed by atoms with van der Waals surface area (Å²) in [4.78, 5) is 11.8. The van der Waals surface area contributed by atoms with Crippen molar-refractivity contribution in [2.24, 2.45) is 5.41 Å². The third-order valence-corrected chi connectivity index (χ3v) is 3.52. The van der Waals surface area contributed by atoms with Gasteiger partial charge in [0.05, 0.1) is 15.7 Å². The van der Waals surface area contributed by atoms with Gasteiger partial charge in [0.25, 0.3) is 0 Å². The van der Waals surface area contributed by atoms with Crippen molar-refractivity contribution in [2.75, 3.05) is 11.4 Å². The molecule has 106 valence electrons. The van der Waals surface area contributed by atoms with Gasteiger partial charge in [0, 0.05) is 19.0 Å². The second-order valence-corrected chi connectivity index (χ2v) is 6.71. The molecule has 0 aliphatic heterocycles. The number of halogens is 2. The summed E-state index contributed by atoms with van der Waals surface area (Å²) in [5, 5.41) is 3.88. The van der Waals surface area contributed by atoms with Gasteiger partial charge in [0.2, 0.25) is 5.91 Å². The molecular formula is C13H18Cl2N2OS. The van der Waals surface area contributed by atoms with Gasteiger partial charge >= 0.3 is 0 Å². The molecule has 0 aliphatic carbocycles. The molecule has 0 bridgehead atoms. The smallest absolute Gasteiger partial charge is 0.225 e. The topological polar surface area (TPSA) is 32.3 Å². The lowest BCUT2D eigenvalue weighted by molar-refractivity contribution is -0.128. The van der Waals surface area contributed by atoms with E-state index in [1.54, 1.807) is 23.5 Å². The zero-order valence-corrected chi connectivity index (χ0v) is 13.8. The van der Waals surface area contributed by atoms with E-state index in [0.717, 1.165) is 5.56 Å². The van der Waals surface area contributed by atoms with Crippen molar-refractivity contribution in [3.63, 3.8) is 0 Å². The second kappa shape index (κ2) is 6.25. The Morgan fingerprint density at radius 1 is 1.37 bits per heavy atom. The number of amides is 1. The maximum Gasteiger partial charge on any atom is 0.225 e. The number of hydrogen-bond donors (Lipinski definition) is 2. The highest BCUT2D eigenvalue weighted by molar-refractivity contribution is 7.81. The molecule has 0 saturated carbocycles. The van der Waals surface area contributed by atoms with E-state index in [1.807, 2.05) is 20.8 Å². The van der Waals surface area contributed by atoms with E-state index >= 15 is 0 Å². The summed E-state index contributed by atoms with van der Waals surface area (Å²) in [6.45, 7) is 5.94. The summed E-state index contributed by atoms with van der Waals surface area (Å²) < 4.78 is 1.56. The highest BCUT2D eigenvalue weighted by atomic mass is 35.5. The molecule has 0 saturated heterocycles. The summed E-state index contributed by atoms with van der Waals surface area (Å²) >= 11 is 16.6.